The van der Waals surface area contributed by atoms with Crippen LogP contribution in [0.5, 0.6) is 0 Å². The first-order chi connectivity index (χ1) is 4.72. The molecule has 2 nitrogen and oxygen atoms in total. The Morgan fingerprint density at radius 2 is 2.20 bits per heavy atom. The molecule has 0 aliphatic heterocycles. The smallest absolute Gasteiger partial charge is 0.0548 e. The normalized spacial score (nSPS) is 17.8. The van der Waals surface area contributed by atoms with Crippen molar-refractivity contribution in [1.29, 1.82) is 0 Å². The molecule has 10 heavy (non-hydrogen) atoms. The second-order valence-corrected chi connectivity index (χ2v) is 2.75. The van der Waals surface area contributed by atoms with Crippen LogP contribution >= 0.6 is 0 Å². The van der Waals surface area contributed by atoms with Gasteiger partial charge in [0.2, 0.25) is 0 Å². The van der Waals surface area contributed by atoms with Gasteiger partial charge in [-0.3, -0.25) is 0 Å². The molecule has 0 heterocycles. The van der Waals surface area contributed by atoms with Gasteiger partial charge in [0.25, 0.3) is 0 Å². The van der Waals surface area contributed by atoms with Crippen LogP contribution in [0.15, 0.2) is 23.5 Å². The van der Waals surface area contributed by atoms with Crippen molar-refractivity contribution >= 4 is 0 Å². The number of nitrogens with two attached hydrogens (primary N) is 1. The highest BCUT2D eigenvalue weighted by Crippen LogP contribution is 2.15. The van der Waals surface area contributed by atoms with Gasteiger partial charge in [0.1, 0.15) is 0 Å². The van der Waals surface area contributed by atoms with Crippen molar-refractivity contribution < 1.29 is 0 Å². The summed E-state index contributed by atoms with van der Waals surface area (Å²) in [6.07, 6.45) is 6.33. The molecule has 2 heteroatoms. The predicted octanol–water partition coefficient (Wildman–Crippen LogP) is 1.07. The first-order valence-corrected chi connectivity index (χ1v) is 3.54. The van der Waals surface area contributed by atoms with Gasteiger partial charge in [-0.05, 0) is 18.9 Å². The van der Waals surface area contributed by atoms with Gasteiger partial charge in [-0.15, -0.1) is 0 Å². The maximum absolute atomic E-state index is 5.77. The Bertz CT molecular complexity index is 178. The lowest BCUT2D eigenvalue weighted by atomic mass is 10.1. The molecule has 0 atom stereocenters. The molecular formula is C8H14N2. The maximum Gasteiger partial charge on any atom is 0.0548 e. The molecule has 1 aliphatic carbocycles. The van der Waals surface area contributed by atoms with Crippen molar-refractivity contribution in [3.8, 4) is 0 Å². The second-order valence-electron chi connectivity index (χ2n) is 2.75. The Balaban J connectivity index is 2.79. The average Bonchev–Trinajstić information content (AvgIpc) is 1.88. The van der Waals surface area contributed by atoms with E-state index in [2.05, 4.69) is 12.2 Å². The molecule has 56 valence electrons. The minimum Gasteiger partial charge on any atom is -0.400 e. The van der Waals surface area contributed by atoms with Crippen molar-refractivity contribution in [1.82, 2.24) is 4.90 Å². The van der Waals surface area contributed by atoms with E-state index >= 15 is 0 Å². The highest BCUT2D eigenvalue weighted by Gasteiger charge is 2.04. The summed E-state index contributed by atoms with van der Waals surface area (Å²) in [5, 5.41) is 0. The fraction of sp³-hybridized carbons (Fsp3) is 0.500. The zero-order chi connectivity index (χ0) is 7.56. The molecule has 2 N–H and O–H groups in total. The SMILES string of the molecule is CN(C)C1=C(N)CCC=C1. The molecule has 0 saturated heterocycles. The summed E-state index contributed by atoms with van der Waals surface area (Å²) >= 11 is 0. The first kappa shape index (κ1) is 7.19. The van der Waals surface area contributed by atoms with E-state index in [0.29, 0.717) is 0 Å². The zero-order valence-corrected chi connectivity index (χ0v) is 6.59. The average molecular weight is 138 g/mol. The largest absolute Gasteiger partial charge is 0.400 e. The van der Waals surface area contributed by atoms with Gasteiger partial charge < -0.3 is 10.6 Å². The van der Waals surface area contributed by atoms with Crippen molar-refractivity contribution in [2.75, 3.05) is 14.1 Å². The van der Waals surface area contributed by atoms with Crippen LogP contribution in [-0.4, -0.2) is 19.0 Å². The van der Waals surface area contributed by atoms with E-state index in [1.807, 2.05) is 19.0 Å². The van der Waals surface area contributed by atoms with Crippen LogP contribution in [0.25, 0.3) is 0 Å². The summed E-state index contributed by atoms with van der Waals surface area (Å²) in [5.41, 5.74) is 7.93. The van der Waals surface area contributed by atoms with Crippen LogP contribution in [0, 0.1) is 0 Å². The summed E-state index contributed by atoms with van der Waals surface area (Å²) in [5.74, 6) is 0. The Hall–Kier alpha value is -0.920. The number of likely N-dealkylation sites (N-methyl/N-ethyl adjacent to an activating group) is 1. The fourth-order valence-electron chi connectivity index (χ4n) is 1.11. The van der Waals surface area contributed by atoms with E-state index in [0.717, 1.165) is 24.2 Å². The summed E-state index contributed by atoms with van der Waals surface area (Å²) in [6, 6.07) is 0. The monoisotopic (exact) mass is 138 g/mol. The van der Waals surface area contributed by atoms with E-state index in [9.17, 15) is 0 Å². The lowest BCUT2D eigenvalue weighted by Gasteiger charge is -2.19. The topological polar surface area (TPSA) is 29.3 Å². The van der Waals surface area contributed by atoms with Gasteiger partial charge in [0, 0.05) is 19.8 Å². The summed E-state index contributed by atoms with van der Waals surface area (Å²) in [4.78, 5) is 2.05. The number of hydrogen-bond acceptors (Lipinski definition) is 2. The summed E-state index contributed by atoms with van der Waals surface area (Å²) in [6.45, 7) is 0. The van der Waals surface area contributed by atoms with E-state index in [1.165, 1.54) is 0 Å². The number of allylic oxidation sites excluding steroid dienone is 3. The van der Waals surface area contributed by atoms with E-state index < -0.39 is 0 Å². The van der Waals surface area contributed by atoms with Crippen LogP contribution in [-0.2, 0) is 0 Å². The molecule has 0 radical (unpaired) electrons. The van der Waals surface area contributed by atoms with Crippen LogP contribution < -0.4 is 5.73 Å². The molecule has 0 saturated carbocycles. The molecule has 1 rings (SSSR count). The lowest BCUT2D eigenvalue weighted by Crippen LogP contribution is -2.17. The molecule has 0 fully saturated rings. The molecule has 0 aromatic rings. The Morgan fingerprint density at radius 1 is 1.50 bits per heavy atom. The van der Waals surface area contributed by atoms with Crippen LogP contribution in [0.3, 0.4) is 0 Å². The van der Waals surface area contributed by atoms with E-state index in [-0.39, 0.29) is 0 Å². The highest BCUT2D eigenvalue weighted by atomic mass is 15.1. The lowest BCUT2D eigenvalue weighted by molar-refractivity contribution is 0.515. The minimum absolute atomic E-state index is 1.00. The van der Waals surface area contributed by atoms with Crippen LogP contribution in [0.2, 0.25) is 0 Å². The first-order valence-electron chi connectivity index (χ1n) is 3.54. The Morgan fingerprint density at radius 3 is 2.60 bits per heavy atom. The third-order valence-corrected chi connectivity index (χ3v) is 1.67. The van der Waals surface area contributed by atoms with Crippen LogP contribution in [0.1, 0.15) is 12.8 Å². The fourth-order valence-corrected chi connectivity index (χ4v) is 1.11. The van der Waals surface area contributed by atoms with Crippen molar-refractivity contribution in [2.45, 2.75) is 12.8 Å². The third-order valence-electron chi connectivity index (χ3n) is 1.67. The van der Waals surface area contributed by atoms with Gasteiger partial charge in [-0.1, -0.05) is 6.08 Å². The van der Waals surface area contributed by atoms with Gasteiger partial charge in [0.15, 0.2) is 0 Å². The van der Waals surface area contributed by atoms with Gasteiger partial charge in [-0.25, -0.2) is 0 Å². The van der Waals surface area contributed by atoms with Crippen molar-refractivity contribution in [3.63, 3.8) is 0 Å². The molecule has 0 unspecified atom stereocenters. The number of nitrogens with zero attached hydrogens (tertiary/aromatic N) is 1. The molecule has 0 bridgehead atoms. The van der Waals surface area contributed by atoms with Crippen molar-refractivity contribution in [3.05, 3.63) is 23.5 Å². The van der Waals surface area contributed by atoms with Gasteiger partial charge in [0.05, 0.1) is 5.70 Å². The minimum atomic E-state index is 1.00. The van der Waals surface area contributed by atoms with Crippen LogP contribution in [0.4, 0.5) is 0 Å². The van der Waals surface area contributed by atoms with E-state index in [1.54, 1.807) is 0 Å². The van der Waals surface area contributed by atoms with Crippen molar-refractivity contribution in [2.24, 2.45) is 5.73 Å². The van der Waals surface area contributed by atoms with Gasteiger partial charge >= 0.3 is 0 Å². The van der Waals surface area contributed by atoms with E-state index in [4.69, 9.17) is 5.73 Å². The summed E-state index contributed by atoms with van der Waals surface area (Å²) in [7, 11) is 4.02. The maximum atomic E-state index is 5.77. The zero-order valence-electron chi connectivity index (χ0n) is 6.59. The van der Waals surface area contributed by atoms with Gasteiger partial charge in [-0.2, -0.15) is 0 Å². The second kappa shape index (κ2) is 2.78. The standard InChI is InChI=1S/C8H14N2/c1-10(2)8-6-4-3-5-7(8)9/h4,6H,3,5,9H2,1-2H3. The number of rotatable bonds is 1. The molecular weight excluding hydrogens is 124 g/mol. The quantitative estimate of drug-likeness (QED) is 0.587. The summed E-state index contributed by atoms with van der Waals surface area (Å²) < 4.78 is 0. The molecule has 1 aliphatic rings. The third kappa shape index (κ3) is 1.32. The molecule has 0 aromatic heterocycles. The Kier molecular flexibility index (Phi) is 2.00. The molecule has 0 spiro atoms. The molecule has 0 aromatic carbocycles. The Labute approximate surface area is 62.0 Å². The predicted molar refractivity (Wildman–Crippen MR) is 43.3 cm³/mol. The highest BCUT2D eigenvalue weighted by molar-refractivity contribution is 5.25. The molecule has 0 amide bonds. The number of hydrogen-bond donors (Lipinski definition) is 1.